The summed E-state index contributed by atoms with van der Waals surface area (Å²) in [6.45, 7) is 0. The van der Waals surface area contributed by atoms with Gasteiger partial charge in [-0.3, -0.25) is 0 Å². The number of alkyl halides is 2. The van der Waals surface area contributed by atoms with Crippen molar-refractivity contribution in [1.29, 1.82) is 5.26 Å². The van der Waals surface area contributed by atoms with Crippen molar-refractivity contribution in [2.45, 2.75) is 11.3 Å². The third kappa shape index (κ3) is 2.85. The summed E-state index contributed by atoms with van der Waals surface area (Å²) in [5, 5.41) is 16.9. The third-order valence-electron chi connectivity index (χ3n) is 2.44. The van der Waals surface area contributed by atoms with E-state index in [1.807, 2.05) is 0 Å². The molecule has 2 heterocycles. The number of halogens is 3. The molecule has 2 aromatic rings. The number of hydrogen-bond donors (Lipinski definition) is 1. The second kappa shape index (κ2) is 5.36. The van der Waals surface area contributed by atoms with E-state index < -0.39 is 27.7 Å². The highest BCUT2D eigenvalue weighted by atomic mass is 35.5. The van der Waals surface area contributed by atoms with E-state index in [1.54, 1.807) is 0 Å². The molecule has 0 aliphatic rings. The molecule has 0 saturated carbocycles. The molecule has 11 heteroatoms. The smallest absolute Gasteiger partial charge is 0.236 e. The Morgan fingerprint density at radius 3 is 2.48 bits per heavy atom. The number of nitrogens with two attached hydrogens (primary N) is 1. The number of hydrogen-bond acceptors (Lipinski definition) is 5. The highest BCUT2D eigenvalue weighted by Crippen LogP contribution is 2.28. The molecule has 0 aromatic carbocycles. The first-order chi connectivity index (χ1) is 9.75. The minimum Gasteiger partial charge on any atom is -0.236 e. The SMILES string of the molecule is N#Cc1c(C(F)F)nn(-c2ccc(S(N)(=O)=O)cn2)c1Cl. The van der Waals surface area contributed by atoms with Gasteiger partial charge in [-0.25, -0.2) is 32.0 Å². The van der Waals surface area contributed by atoms with Crippen molar-refractivity contribution in [3.8, 4) is 11.9 Å². The molecule has 2 rings (SSSR count). The summed E-state index contributed by atoms with van der Waals surface area (Å²) < 4.78 is 48.5. The number of sulfonamides is 1. The van der Waals surface area contributed by atoms with E-state index in [2.05, 4.69) is 10.1 Å². The topological polar surface area (TPSA) is 115 Å². The van der Waals surface area contributed by atoms with Gasteiger partial charge in [-0.1, -0.05) is 11.6 Å². The molecule has 0 fully saturated rings. The molecular formula is C10H6ClF2N5O2S. The van der Waals surface area contributed by atoms with Crippen molar-refractivity contribution in [3.05, 3.63) is 34.7 Å². The highest BCUT2D eigenvalue weighted by Gasteiger charge is 2.24. The van der Waals surface area contributed by atoms with Crippen molar-refractivity contribution in [1.82, 2.24) is 14.8 Å². The van der Waals surface area contributed by atoms with E-state index in [1.165, 1.54) is 12.1 Å². The van der Waals surface area contributed by atoms with Gasteiger partial charge in [0.1, 0.15) is 22.2 Å². The number of nitriles is 1. The van der Waals surface area contributed by atoms with E-state index in [4.69, 9.17) is 22.0 Å². The maximum absolute atomic E-state index is 12.7. The van der Waals surface area contributed by atoms with Gasteiger partial charge in [0.25, 0.3) is 6.43 Å². The van der Waals surface area contributed by atoms with Crippen LogP contribution in [0, 0.1) is 11.3 Å². The second-order valence-electron chi connectivity index (χ2n) is 3.77. The lowest BCUT2D eigenvalue weighted by Gasteiger charge is -2.03. The number of rotatable bonds is 3. The summed E-state index contributed by atoms with van der Waals surface area (Å²) in [4.78, 5) is 3.47. The zero-order valence-corrected chi connectivity index (χ0v) is 11.6. The van der Waals surface area contributed by atoms with Gasteiger partial charge >= 0.3 is 0 Å². The largest absolute Gasteiger partial charge is 0.283 e. The molecule has 0 aliphatic heterocycles. The van der Waals surface area contributed by atoms with E-state index in [0.717, 1.165) is 16.9 Å². The molecule has 2 aromatic heterocycles. The maximum Gasteiger partial charge on any atom is 0.283 e. The fourth-order valence-corrected chi connectivity index (χ4v) is 2.21. The van der Waals surface area contributed by atoms with Crippen LogP contribution < -0.4 is 5.14 Å². The first-order valence-corrected chi connectivity index (χ1v) is 7.14. The summed E-state index contributed by atoms with van der Waals surface area (Å²) in [5.41, 5.74) is -1.25. The Balaban J connectivity index is 2.56. The Morgan fingerprint density at radius 2 is 2.10 bits per heavy atom. The number of aromatic nitrogens is 3. The van der Waals surface area contributed by atoms with Gasteiger partial charge in [0.15, 0.2) is 11.0 Å². The van der Waals surface area contributed by atoms with Gasteiger partial charge in [-0.2, -0.15) is 10.4 Å². The molecule has 0 spiro atoms. The van der Waals surface area contributed by atoms with E-state index in [-0.39, 0.29) is 15.9 Å². The Kier molecular flexibility index (Phi) is 3.91. The van der Waals surface area contributed by atoms with Gasteiger partial charge in [0.05, 0.1) is 0 Å². The van der Waals surface area contributed by atoms with Crippen LogP contribution in [0.3, 0.4) is 0 Å². The van der Waals surface area contributed by atoms with Crippen LogP contribution in [0.1, 0.15) is 17.7 Å². The quantitative estimate of drug-likeness (QED) is 0.911. The molecule has 110 valence electrons. The standard InChI is InChI=1S/C10H6ClF2N5O2S/c11-9-6(3-14)8(10(12)13)17-18(9)7-2-1-5(4-16-7)21(15,19)20/h1-2,4,10H,(H2,15,19,20). The third-order valence-corrected chi connectivity index (χ3v) is 3.69. The molecule has 0 atom stereocenters. The summed E-state index contributed by atoms with van der Waals surface area (Å²) in [6.07, 6.45) is -2.06. The molecule has 0 amide bonds. The predicted molar refractivity (Wildman–Crippen MR) is 67.4 cm³/mol. The van der Waals surface area contributed by atoms with Crippen LogP contribution in [0.2, 0.25) is 5.15 Å². The zero-order chi connectivity index (χ0) is 15.8. The van der Waals surface area contributed by atoms with Crippen molar-refractivity contribution in [3.63, 3.8) is 0 Å². The Hall–Kier alpha value is -2.09. The van der Waals surface area contributed by atoms with Gasteiger partial charge in [-0.05, 0) is 12.1 Å². The van der Waals surface area contributed by atoms with Crippen LogP contribution in [-0.4, -0.2) is 23.2 Å². The minimum absolute atomic E-state index is 0.0317. The molecule has 0 bridgehead atoms. The molecule has 7 nitrogen and oxygen atoms in total. The summed E-state index contributed by atoms with van der Waals surface area (Å²) in [5.74, 6) is -0.0317. The zero-order valence-electron chi connectivity index (χ0n) is 10.0. The predicted octanol–water partition coefficient (Wildman–Crippen LogP) is 1.38. The van der Waals surface area contributed by atoms with Crippen LogP contribution in [0.25, 0.3) is 5.82 Å². The van der Waals surface area contributed by atoms with Crippen molar-refractivity contribution in [2.24, 2.45) is 5.14 Å². The average Bonchev–Trinajstić information content (AvgIpc) is 2.75. The normalized spacial score (nSPS) is 11.6. The molecule has 2 N–H and O–H groups in total. The summed E-state index contributed by atoms with van der Waals surface area (Å²) in [6, 6.07) is 3.82. The van der Waals surface area contributed by atoms with E-state index >= 15 is 0 Å². The molecule has 21 heavy (non-hydrogen) atoms. The molecule has 0 saturated heterocycles. The van der Waals surface area contributed by atoms with Crippen LogP contribution >= 0.6 is 11.6 Å². The molecule has 0 unspecified atom stereocenters. The lowest BCUT2D eigenvalue weighted by atomic mass is 10.3. The van der Waals surface area contributed by atoms with Crippen molar-refractivity contribution in [2.75, 3.05) is 0 Å². The minimum atomic E-state index is -3.93. The average molecular weight is 334 g/mol. The van der Waals surface area contributed by atoms with Crippen molar-refractivity contribution >= 4 is 21.6 Å². The molecule has 0 radical (unpaired) electrons. The highest BCUT2D eigenvalue weighted by molar-refractivity contribution is 7.89. The Morgan fingerprint density at radius 1 is 1.43 bits per heavy atom. The first-order valence-electron chi connectivity index (χ1n) is 5.21. The summed E-state index contributed by atoms with van der Waals surface area (Å²) in [7, 11) is -3.93. The van der Waals surface area contributed by atoms with Gasteiger partial charge < -0.3 is 0 Å². The fourth-order valence-electron chi connectivity index (χ4n) is 1.49. The Bertz CT molecular complexity index is 826. The van der Waals surface area contributed by atoms with Gasteiger partial charge in [-0.15, -0.1) is 0 Å². The number of primary sulfonamides is 1. The lowest BCUT2D eigenvalue weighted by Crippen LogP contribution is -2.13. The number of nitrogens with zero attached hydrogens (tertiary/aromatic N) is 4. The Labute approximate surface area is 122 Å². The van der Waals surface area contributed by atoms with Crippen LogP contribution in [0.5, 0.6) is 0 Å². The summed E-state index contributed by atoms with van der Waals surface area (Å²) >= 11 is 5.80. The van der Waals surface area contributed by atoms with Crippen LogP contribution in [0.15, 0.2) is 23.2 Å². The fraction of sp³-hybridized carbons (Fsp3) is 0.100. The molecular weight excluding hydrogens is 328 g/mol. The first kappa shape index (κ1) is 15.3. The van der Waals surface area contributed by atoms with Crippen molar-refractivity contribution < 1.29 is 17.2 Å². The van der Waals surface area contributed by atoms with Gasteiger partial charge in [0.2, 0.25) is 10.0 Å². The van der Waals surface area contributed by atoms with Crippen LogP contribution in [-0.2, 0) is 10.0 Å². The second-order valence-corrected chi connectivity index (χ2v) is 5.69. The van der Waals surface area contributed by atoms with Gasteiger partial charge in [0, 0.05) is 6.20 Å². The van der Waals surface area contributed by atoms with E-state index in [0.29, 0.717) is 0 Å². The number of pyridine rings is 1. The monoisotopic (exact) mass is 333 g/mol. The van der Waals surface area contributed by atoms with Crippen LogP contribution in [0.4, 0.5) is 8.78 Å². The van der Waals surface area contributed by atoms with E-state index in [9.17, 15) is 17.2 Å². The lowest BCUT2D eigenvalue weighted by molar-refractivity contribution is 0.145. The maximum atomic E-state index is 12.7. The molecule has 0 aliphatic carbocycles.